The Hall–Kier alpha value is -7.98. The maximum Gasteiger partial charge on any atom is 0.143 e. The van der Waals surface area contributed by atoms with E-state index < -0.39 is 0 Å². The van der Waals surface area contributed by atoms with Gasteiger partial charge in [0.05, 0.1) is 0 Å². The van der Waals surface area contributed by atoms with E-state index in [1.165, 1.54) is 32.8 Å². The smallest absolute Gasteiger partial charge is 0.143 e. The van der Waals surface area contributed by atoms with Gasteiger partial charge in [-0.15, -0.1) is 47.6 Å². The number of pyridine rings is 1. The van der Waals surface area contributed by atoms with E-state index in [-0.39, 0.29) is 31.9 Å². The molecule has 0 saturated carbocycles. The van der Waals surface area contributed by atoms with Gasteiger partial charge in [0.1, 0.15) is 5.65 Å². The average molecular weight is 1140 g/mol. The molecule has 6 heteroatoms. The molecule has 0 bridgehead atoms. The molecular weight excluding hydrogens is 1080 g/mol. The van der Waals surface area contributed by atoms with Crippen LogP contribution in [-0.4, -0.2) is 9.38 Å². The number of ether oxygens (including phenoxy) is 1. The molecule has 364 valence electrons. The number of benzene rings is 9. The molecule has 0 unspecified atom stereocenters. The molecule has 12 aromatic rings. The van der Waals surface area contributed by atoms with Crippen molar-refractivity contribution in [3.63, 3.8) is 0 Å². The van der Waals surface area contributed by atoms with E-state index in [1.54, 1.807) is 0 Å². The Kier molecular flexibility index (Phi) is 11.6. The normalized spacial score (nSPS) is 12.8. The summed E-state index contributed by atoms with van der Waals surface area (Å²) in [5, 5.41) is 9.04. The second-order valence-corrected chi connectivity index (χ2v) is 21.3. The van der Waals surface area contributed by atoms with E-state index >= 15 is 0 Å². The van der Waals surface area contributed by atoms with Gasteiger partial charge in [0.25, 0.3) is 0 Å². The van der Waals surface area contributed by atoms with Crippen LogP contribution in [0.15, 0.2) is 206 Å². The van der Waals surface area contributed by atoms with Crippen LogP contribution >= 0.6 is 0 Å². The van der Waals surface area contributed by atoms with Crippen molar-refractivity contribution in [2.45, 2.75) is 52.4 Å². The zero-order valence-electron chi connectivity index (χ0n) is 42.2. The van der Waals surface area contributed by atoms with E-state index in [9.17, 15) is 0 Å². The first-order chi connectivity index (χ1) is 35.5. The third kappa shape index (κ3) is 7.85. The van der Waals surface area contributed by atoms with Crippen molar-refractivity contribution in [2.24, 2.45) is 0 Å². The second-order valence-electron chi connectivity index (χ2n) is 21.3. The van der Waals surface area contributed by atoms with E-state index in [4.69, 9.17) is 9.72 Å². The van der Waals surface area contributed by atoms with Crippen LogP contribution in [0.4, 0.5) is 22.7 Å². The first kappa shape index (κ1) is 47.0. The molecule has 1 aliphatic heterocycles. The number of hydrogen-bond acceptors (Lipinski definition) is 4. The Morgan fingerprint density at radius 2 is 1.00 bits per heavy atom. The molecule has 0 radical (unpaired) electrons. The molecule has 13 rings (SSSR count). The molecule has 0 fully saturated rings. The molecular formula is C68H53N4OPt-3. The summed E-state index contributed by atoms with van der Waals surface area (Å²) in [6.45, 7) is 15.8. The van der Waals surface area contributed by atoms with Gasteiger partial charge in [-0.3, -0.25) is 0 Å². The first-order valence-electron chi connectivity index (χ1n) is 25.2. The van der Waals surface area contributed by atoms with Crippen LogP contribution in [0.3, 0.4) is 0 Å². The van der Waals surface area contributed by atoms with Gasteiger partial charge in [0, 0.05) is 83.2 Å². The van der Waals surface area contributed by atoms with Crippen LogP contribution in [0.1, 0.15) is 52.7 Å². The summed E-state index contributed by atoms with van der Waals surface area (Å²) in [4.78, 5) is 9.80. The first-order valence-corrected chi connectivity index (χ1v) is 25.2. The maximum absolute atomic E-state index is 7.17. The van der Waals surface area contributed by atoms with Crippen molar-refractivity contribution in [1.29, 1.82) is 0 Å². The van der Waals surface area contributed by atoms with Crippen LogP contribution in [0.2, 0.25) is 0 Å². The van der Waals surface area contributed by atoms with E-state index in [2.05, 4.69) is 269 Å². The van der Waals surface area contributed by atoms with Crippen LogP contribution in [0, 0.1) is 18.8 Å². The van der Waals surface area contributed by atoms with E-state index in [1.807, 2.05) is 12.3 Å². The predicted octanol–water partition coefficient (Wildman–Crippen LogP) is 18.4. The maximum atomic E-state index is 7.17. The summed E-state index contributed by atoms with van der Waals surface area (Å²) in [5.74, 6) is 1.24. The predicted molar refractivity (Wildman–Crippen MR) is 305 cm³/mol. The number of hydrogen-bond donors (Lipinski definition) is 0. The fourth-order valence-electron chi connectivity index (χ4n) is 11.0. The fraction of sp³-hybridized carbons (Fsp3) is 0.118. The summed E-state index contributed by atoms with van der Waals surface area (Å²) in [6.07, 6.45) is 1.89. The van der Waals surface area contributed by atoms with Gasteiger partial charge in [0.15, 0.2) is 0 Å². The average Bonchev–Trinajstić information content (AvgIpc) is 3.97. The Labute approximate surface area is 447 Å². The van der Waals surface area contributed by atoms with Gasteiger partial charge in [-0.25, -0.2) is 4.98 Å². The molecule has 0 saturated heterocycles. The minimum atomic E-state index is -0.264. The number of anilines is 4. The molecule has 9 aromatic carbocycles. The number of rotatable bonds is 6. The van der Waals surface area contributed by atoms with Crippen molar-refractivity contribution in [3.8, 4) is 33.8 Å². The molecule has 5 nitrogen and oxygen atoms in total. The SMILES string of the molecule is CC(C)(C)c1cc(-c2ccccc2)c(N2[CH-]N(c3[c-]c(Oc4[c-]c5c(cc4)c4cccc6c7ccccc7c7ccccc7c7cccnc7n5c64)c(C(C)(C)C)cc3)c3ccccc32)c(-c2ccccc2)c1.[Pt]. The summed E-state index contributed by atoms with van der Waals surface area (Å²) < 4.78 is 9.47. The van der Waals surface area contributed by atoms with Gasteiger partial charge in [-0.1, -0.05) is 192 Å². The molecule has 4 heterocycles. The molecule has 0 aliphatic carbocycles. The third-order valence-electron chi connectivity index (χ3n) is 14.6. The molecule has 3 aromatic heterocycles. The van der Waals surface area contributed by atoms with Crippen molar-refractivity contribution in [1.82, 2.24) is 9.38 Å². The van der Waals surface area contributed by atoms with Gasteiger partial charge in [-0.05, 0) is 85.4 Å². The van der Waals surface area contributed by atoms with Crippen LogP contribution in [0.5, 0.6) is 11.5 Å². The van der Waals surface area contributed by atoms with Gasteiger partial charge in [0.2, 0.25) is 0 Å². The largest absolute Gasteiger partial charge is 0.509 e. The molecule has 1 aliphatic rings. The molecule has 74 heavy (non-hydrogen) atoms. The zero-order valence-corrected chi connectivity index (χ0v) is 44.5. The Bertz CT molecular complexity index is 4130. The molecule has 0 N–H and O–H groups in total. The van der Waals surface area contributed by atoms with Crippen molar-refractivity contribution >= 4 is 82.5 Å². The number of nitrogens with zero attached hydrogens (tertiary/aromatic N) is 4. The zero-order chi connectivity index (χ0) is 49.6. The van der Waals surface area contributed by atoms with Gasteiger partial charge >= 0.3 is 0 Å². The minimum absolute atomic E-state index is 0. The fourth-order valence-corrected chi connectivity index (χ4v) is 11.0. The van der Waals surface area contributed by atoms with Gasteiger partial charge < -0.3 is 18.9 Å². The summed E-state index contributed by atoms with van der Waals surface area (Å²) >= 11 is 0. The van der Waals surface area contributed by atoms with E-state index in [0.29, 0.717) is 11.5 Å². The summed E-state index contributed by atoms with van der Waals surface area (Å²) in [6, 6.07) is 79.6. The molecule has 0 atom stereocenters. The Balaban J connectivity index is 0.00000556. The number of para-hydroxylation sites is 3. The third-order valence-corrected chi connectivity index (χ3v) is 14.6. The monoisotopic (exact) mass is 1140 g/mol. The molecule has 0 amide bonds. The minimum Gasteiger partial charge on any atom is -0.509 e. The summed E-state index contributed by atoms with van der Waals surface area (Å²) in [5.41, 5.74) is 13.5. The van der Waals surface area contributed by atoms with Crippen LogP contribution in [-0.2, 0) is 31.9 Å². The number of aromatic nitrogens is 2. The number of fused-ring (bicyclic) bond motifs is 11. The van der Waals surface area contributed by atoms with Crippen molar-refractivity contribution in [2.75, 3.05) is 9.80 Å². The van der Waals surface area contributed by atoms with Crippen molar-refractivity contribution < 1.29 is 25.8 Å². The second kappa shape index (κ2) is 18.2. The quantitative estimate of drug-likeness (QED) is 0.155. The molecule has 0 spiro atoms. The van der Waals surface area contributed by atoms with Crippen LogP contribution in [0.25, 0.3) is 82.0 Å². The van der Waals surface area contributed by atoms with Gasteiger partial charge in [-0.2, -0.15) is 12.1 Å². The Morgan fingerprint density at radius 1 is 0.473 bits per heavy atom. The van der Waals surface area contributed by atoms with Crippen LogP contribution < -0.4 is 14.5 Å². The topological polar surface area (TPSA) is 33.0 Å². The van der Waals surface area contributed by atoms with E-state index in [0.717, 1.165) is 83.1 Å². The Morgan fingerprint density at radius 3 is 1.61 bits per heavy atom. The summed E-state index contributed by atoms with van der Waals surface area (Å²) in [7, 11) is 0. The standard InChI is InChI=1S/C68H53N4O.Pt/c1-67(2,3)46-39-57(44-21-9-7-10-22-44)64(58(40-46)45-23-11-8-12-24-45)71-43-70(60-32-17-18-33-61(60)71)47-34-37-59(68(4,5)6)63(41-47)73-48-35-36-53-55-30-19-29-54-51-27-15-13-25-49(51)50-26-14-16-28-52(50)56-31-20-38-69-66(56)72(65(54)55)62(53)42-48;/h7-40,43H,1-6H3;/q-3;. The van der Waals surface area contributed by atoms with Crippen molar-refractivity contribution in [3.05, 3.63) is 236 Å².